The summed E-state index contributed by atoms with van der Waals surface area (Å²) in [6.07, 6.45) is 3.05. The van der Waals surface area contributed by atoms with Crippen LogP contribution >= 0.6 is 11.6 Å². The smallest absolute Gasteiger partial charge is 0.294 e. The third-order valence-electron chi connectivity index (χ3n) is 4.72. The zero-order valence-electron chi connectivity index (χ0n) is 15.5. The van der Waals surface area contributed by atoms with Crippen molar-refractivity contribution in [3.05, 3.63) is 70.8 Å². The van der Waals surface area contributed by atoms with E-state index in [1.807, 2.05) is 18.2 Å². The monoisotopic (exact) mass is 415 g/mol. The van der Waals surface area contributed by atoms with Crippen molar-refractivity contribution in [2.45, 2.75) is 19.0 Å². The number of H-pyrrole nitrogens is 1. The van der Waals surface area contributed by atoms with Crippen LogP contribution in [0.25, 0.3) is 11.0 Å². The molecule has 0 amide bonds. The molecular formula is C20H19ClFN5O2. The number of halogens is 2. The molecule has 0 spiro atoms. The quantitative estimate of drug-likeness (QED) is 0.359. The largest absolute Gasteiger partial charge is 0.432 e. The average Bonchev–Trinajstić information content (AvgIpc) is 3.37. The van der Waals surface area contributed by atoms with Gasteiger partial charge in [-0.1, -0.05) is 35.9 Å². The summed E-state index contributed by atoms with van der Waals surface area (Å²) in [4.78, 5) is 11.8. The van der Waals surface area contributed by atoms with Crippen molar-refractivity contribution in [1.82, 2.24) is 15.0 Å². The third-order valence-corrected chi connectivity index (χ3v) is 5.01. The number of oxazole rings is 1. The third kappa shape index (κ3) is 3.76. The van der Waals surface area contributed by atoms with Crippen LogP contribution in [0.4, 0.5) is 16.4 Å². The predicted molar refractivity (Wildman–Crippen MR) is 109 cm³/mol. The number of anilines is 2. The van der Waals surface area contributed by atoms with Crippen molar-refractivity contribution in [3.8, 4) is 0 Å². The number of rotatable bonds is 7. The highest BCUT2D eigenvalue weighted by atomic mass is 35.5. The molecule has 4 rings (SSSR count). The SMILES string of the molecule is CC(CO)(Nc1nc2c(CNc3ncco3)cccc2[nH]1)c1cccc(Cl)c1F. The van der Waals surface area contributed by atoms with E-state index >= 15 is 0 Å². The number of fused-ring (bicyclic) bond motifs is 1. The maximum absolute atomic E-state index is 14.6. The number of hydrogen-bond acceptors (Lipinski definition) is 6. The van der Waals surface area contributed by atoms with Crippen molar-refractivity contribution < 1.29 is 13.9 Å². The van der Waals surface area contributed by atoms with E-state index in [0.29, 0.717) is 18.5 Å². The van der Waals surface area contributed by atoms with E-state index in [9.17, 15) is 9.50 Å². The van der Waals surface area contributed by atoms with Gasteiger partial charge >= 0.3 is 0 Å². The summed E-state index contributed by atoms with van der Waals surface area (Å²) in [5, 5.41) is 16.2. The summed E-state index contributed by atoms with van der Waals surface area (Å²) in [7, 11) is 0. The summed E-state index contributed by atoms with van der Waals surface area (Å²) in [6, 6.07) is 10.8. The fraction of sp³-hybridized carbons (Fsp3) is 0.200. The number of nitrogens with one attached hydrogen (secondary N) is 3. The average molecular weight is 416 g/mol. The molecule has 2 aromatic heterocycles. The van der Waals surface area contributed by atoms with Gasteiger partial charge in [-0.3, -0.25) is 0 Å². The molecule has 0 aliphatic carbocycles. The maximum atomic E-state index is 14.6. The first-order valence-electron chi connectivity index (χ1n) is 8.95. The minimum absolute atomic E-state index is 0.00604. The molecule has 150 valence electrons. The molecule has 0 radical (unpaired) electrons. The van der Waals surface area contributed by atoms with Gasteiger partial charge in [-0.05, 0) is 24.6 Å². The van der Waals surface area contributed by atoms with E-state index in [-0.39, 0.29) is 17.2 Å². The molecule has 0 aliphatic heterocycles. The number of para-hydroxylation sites is 1. The van der Waals surface area contributed by atoms with Crippen LogP contribution < -0.4 is 10.6 Å². The second kappa shape index (κ2) is 7.73. The zero-order chi connectivity index (χ0) is 20.4. The molecule has 1 atom stereocenters. The maximum Gasteiger partial charge on any atom is 0.294 e. The summed E-state index contributed by atoms with van der Waals surface area (Å²) in [6.45, 7) is 1.78. The van der Waals surface area contributed by atoms with Crippen molar-refractivity contribution in [2.24, 2.45) is 0 Å². The van der Waals surface area contributed by atoms with E-state index < -0.39 is 11.4 Å². The van der Waals surface area contributed by atoms with Gasteiger partial charge in [-0.25, -0.2) is 14.4 Å². The lowest BCUT2D eigenvalue weighted by Gasteiger charge is -2.29. The minimum atomic E-state index is -1.13. The predicted octanol–water partition coefficient (Wildman–Crippen LogP) is 4.28. The molecule has 7 nitrogen and oxygen atoms in total. The van der Waals surface area contributed by atoms with E-state index in [1.54, 1.807) is 25.3 Å². The Kier molecular flexibility index (Phi) is 5.12. The highest BCUT2D eigenvalue weighted by Crippen LogP contribution is 2.31. The summed E-state index contributed by atoms with van der Waals surface area (Å²) in [5.74, 6) is -0.176. The summed E-state index contributed by atoms with van der Waals surface area (Å²) in [5.41, 5.74) is 1.58. The van der Waals surface area contributed by atoms with E-state index in [4.69, 9.17) is 16.0 Å². The molecule has 0 saturated carbocycles. The number of nitrogens with zero attached hydrogens (tertiary/aromatic N) is 2. The fourth-order valence-corrected chi connectivity index (χ4v) is 3.33. The normalized spacial score (nSPS) is 13.4. The van der Waals surface area contributed by atoms with Gasteiger partial charge in [-0.15, -0.1) is 0 Å². The highest BCUT2D eigenvalue weighted by molar-refractivity contribution is 6.30. The Morgan fingerprint density at radius 3 is 2.86 bits per heavy atom. The lowest BCUT2D eigenvalue weighted by Crippen LogP contribution is -2.37. The first-order valence-corrected chi connectivity index (χ1v) is 9.32. The molecule has 0 bridgehead atoms. The van der Waals surface area contributed by atoms with E-state index in [2.05, 4.69) is 25.6 Å². The Balaban J connectivity index is 1.63. The van der Waals surface area contributed by atoms with Crippen LogP contribution in [-0.4, -0.2) is 26.7 Å². The van der Waals surface area contributed by atoms with Gasteiger partial charge in [-0.2, -0.15) is 0 Å². The number of imidazole rings is 1. The topological polar surface area (TPSA) is 99.0 Å². The van der Waals surface area contributed by atoms with Crippen LogP contribution in [0.2, 0.25) is 5.02 Å². The number of aromatic amines is 1. The Labute approximate surface area is 170 Å². The van der Waals surface area contributed by atoms with E-state index in [0.717, 1.165) is 16.6 Å². The highest BCUT2D eigenvalue weighted by Gasteiger charge is 2.31. The molecule has 29 heavy (non-hydrogen) atoms. The fourth-order valence-electron chi connectivity index (χ4n) is 3.16. The van der Waals surface area contributed by atoms with Gasteiger partial charge in [0.2, 0.25) is 5.95 Å². The number of hydrogen-bond donors (Lipinski definition) is 4. The molecule has 2 heterocycles. The molecule has 4 aromatic rings. The molecule has 4 N–H and O–H groups in total. The minimum Gasteiger partial charge on any atom is -0.432 e. The van der Waals surface area contributed by atoms with Crippen LogP contribution in [0.3, 0.4) is 0 Å². The second-order valence-electron chi connectivity index (χ2n) is 6.81. The van der Waals surface area contributed by atoms with Crippen molar-refractivity contribution in [2.75, 3.05) is 17.2 Å². The Morgan fingerprint density at radius 2 is 2.10 bits per heavy atom. The molecular weight excluding hydrogens is 397 g/mol. The molecule has 1 unspecified atom stereocenters. The van der Waals surface area contributed by atoms with Crippen LogP contribution in [0.1, 0.15) is 18.1 Å². The second-order valence-corrected chi connectivity index (χ2v) is 7.21. The van der Waals surface area contributed by atoms with Crippen LogP contribution in [0, 0.1) is 5.82 Å². The Morgan fingerprint density at radius 1 is 1.28 bits per heavy atom. The Bertz CT molecular complexity index is 1130. The van der Waals surface area contributed by atoms with Gasteiger partial charge in [0.15, 0.2) is 0 Å². The molecule has 9 heteroatoms. The number of benzene rings is 2. The van der Waals surface area contributed by atoms with Crippen molar-refractivity contribution >= 4 is 34.6 Å². The van der Waals surface area contributed by atoms with Gasteiger partial charge in [0.05, 0.1) is 34.4 Å². The van der Waals surface area contributed by atoms with Gasteiger partial charge in [0.1, 0.15) is 12.1 Å². The number of aromatic nitrogens is 3. The number of aliphatic hydroxyl groups excluding tert-OH is 1. The standard InChI is InChI=1S/C20H19ClFN5O2/c1-20(11-28,13-5-3-6-14(21)16(13)22)27-18-25-15-7-2-4-12(17(15)26-18)10-24-19-23-8-9-29-19/h2-9,28H,10-11H2,1H3,(H,23,24)(H2,25,26,27). The van der Waals surface area contributed by atoms with Crippen molar-refractivity contribution in [3.63, 3.8) is 0 Å². The molecule has 0 saturated heterocycles. The Hall–Kier alpha value is -3.10. The zero-order valence-corrected chi connectivity index (χ0v) is 16.3. The van der Waals surface area contributed by atoms with Gasteiger partial charge in [0.25, 0.3) is 6.01 Å². The van der Waals surface area contributed by atoms with Crippen LogP contribution in [-0.2, 0) is 12.1 Å². The lowest BCUT2D eigenvalue weighted by molar-refractivity contribution is 0.220. The van der Waals surface area contributed by atoms with Gasteiger partial charge < -0.3 is 25.1 Å². The van der Waals surface area contributed by atoms with E-state index in [1.165, 1.54) is 12.3 Å². The lowest BCUT2D eigenvalue weighted by atomic mass is 9.92. The summed E-state index contributed by atoms with van der Waals surface area (Å²) >= 11 is 5.91. The first-order chi connectivity index (χ1) is 14.0. The first kappa shape index (κ1) is 19.2. The van der Waals surface area contributed by atoms with Crippen LogP contribution in [0.5, 0.6) is 0 Å². The molecule has 0 aliphatic rings. The van der Waals surface area contributed by atoms with Crippen LogP contribution in [0.15, 0.2) is 53.3 Å². The van der Waals surface area contributed by atoms with Crippen molar-refractivity contribution in [1.29, 1.82) is 0 Å². The molecule has 0 fully saturated rings. The summed E-state index contributed by atoms with van der Waals surface area (Å²) < 4.78 is 19.7. The molecule has 2 aromatic carbocycles. The number of aliphatic hydroxyl groups is 1. The van der Waals surface area contributed by atoms with Gasteiger partial charge in [0, 0.05) is 12.1 Å².